The molecule has 2 aromatic carbocycles. The van der Waals surface area contributed by atoms with Gasteiger partial charge in [-0.05, 0) is 30.7 Å². The number of sulfonamides is 1. The fourth-order valence-electron chi connectivity index (χ4n) is 2.14. The van der Waals surface area contributed by atoms with E-state index in [-0.39, 0.29) is 27.7 Å². The molecule has 0 aliphatic heterocycles. The lowest BCUT2D eigenvalue weighted by molar-refractivity contribution is -0.385. The molecule has 9 heteroatoms. The molecule has 0 aliphatic carbocycles. The van der Waals surface area contributed by atoms with E-state index in [1.165, 1.54) is 38.2 Å². The first-order valence-corrected chi connectivity index (χ1v) is 8.60. The molecular formula is C15H14ClFN2O4S. The second-order valence-corrected chi connectivity index (χ2v) is 7.65. The summed E-state index contributed by atoms with van der Waals surface area (Å²) in [5.41, 5.74) is 0.266. The number of nitro benzene ring substituents is 1. The van der Waals surface area contributed by atoms with Crippen LogP contribution in [0.25, 0.3) is 0 Å². The Morgan fingerprint density at radius 3 is 2.54 bits per heavy atom. The summed E-state index contributed by atoms with van der Waals surface area (Å²) in [5.74, 6) is -0.479. The Kier molecular flexibility index (Phi) is 5.22. The van der Waals surface area contributed by atoms with Gasteiger partial charge in [0.05, 0.1) is 14.8 Å². The normalized spacial score (nSPS) is 11.7. The van der Waals surface area contributed by atoms with Gasteiger partial charge in [0.2, 0.25) is 10.0 Å². The van der Waals surface area contributed by atoms with E-state index in [1.807, 2.05) is 0 Å². The number of benzene rings is 2. The van der Waals surface area contributed by atoms with Crippen LogP contribution in [0.5, 0.6) is 0 Å². The van der Waals surface area contributed by atoms with E-state index in [9.17, 15) is 22.9 Å². The van der Waals surface area contributed by atoms with E-state index in [0.717, 1.165) is 10.4 Å². The molecule has 0 unspecified atom stereocenters. The summed E-state index contributed by atoms with van der Waals surface area (Å²) < 4.78 is 39.4. The lowest BCUT2D eigenvalue weighted by Gasteiger charge is -2.18. The quantitative estimate of drug-likeness (QED) is 0.594. The van der Waals surface area contributed by atoms with Crippen LogP contribution in [0.2, 0.25) is 5.02 Å². The van der Waals surface area contributed by atoms with Crippen LogP contribution in [0.4, 0.5) is 10.1 Å². The summed E-state index contributed by atoms with van der Waals surface area (Å²) in [6, 6.07) is 7.66. The maximum Gasteiger partial charge on any atom is 0.275 e. The summed E-state index contributed by atoms with van der Waals surface area (Å²) in [7, 11) is -2.72. The minimum absolute atomic E-state index is 0.0121. The fourth-order valence-corrected chi connectivity index (χ4v) is 3.62. The first kappa shape index (κ1) is 18.3. The highest BCUT2D eigenvalue weighted by atomic mass is 35.5. The molecule has 0 spiro atoms. The van der Waals surface area contributed by atoms with Gasteiger partial charge < -0.3 is 0 Å². The van der Waals surface area contributed by atoms with Gasteiger partial charge in [-0.25, -0.2) is 12.8 Å². The van der Waals surface area contributed by atoms with Gasteiger partial charge >= 0.3 is 0 Å². The number of hydrogen-bond acceptors (Lipinski definition) is 4. The number of nitrogens with zero attached hydrogens (tertiary/aromatic N) is 2. The largest absolute Gasteiger partial charge is 0.275 e. The molecule has 0 fully saturated rings. The predicted molar refractivity (Wildman–Crippen MR) is 87.9 cm³/mol. The molecule has 0 aliphatic rings. The van der Waals surface area contributed by atoms with Crippen LogP contribution >= 0.6 is 11.6 Å². The maximum atomic E-state index is 13.2. The molecule has 0 amide bonds. The van der Waals surface area contributed by atoms with Gasteiger partial charge in [-0.15, -0.1) is 0 Å². The lowest BCUT2D eigenvalue weighted by Crippen LogP contribution is -2.26. The third-order valence-electron chi connectivity index (χ3n) is 3.49. The third-order valence-corrected chi connectivity index (χ3v) is 5.66. The fraction of sp³-hybridized carbons (Fsp3) is 0.200. The van der Waals surface area contributed by atoms with Crippen LogP contribution in [0, 0.1) is 22.9 Å². The minimum Gasteiger partial charge on any atom is -0.258 e. The molecule has 0 heterocycles. The van der Waals surface area contributed by atoms with Gasteiger partial charge in [0.25, 0.3) is 5.69 Å². The molecule has 0 aromatic heterocycles. The smallest absolute Gasteiger partial charge is 0.258 e. The SMILES string of the molecule is Cc1c(Cl)cc(S(=O)(=O)N(C)Cc2cccc(F)c2)cc1[N+](=O)[O-]. The van der Waals surface area contributed by atoms with Gasteiger partial charge in [-0.2, -0.15) is 4.31 Å². The summed E-state index contributed by atoms with van der Waals surface area (Å²) in [5, 5.41) is 11.0. The Hall–Kier alpha value is -2.03. The van der Waals surface area contributed by atoms with Crippen LogP contribution < -0.4 is 0 Å². The highest BCUT2D eigenvalue weighted by Gasteiger charge is 2.26. The summed E-state index contributed by atoms with van der Waals surface area (Å²) in [6.07, 6.45) is 0. The topological polar surface area (TPSA) is 80.5 Å². The minimum atomic E-state index is -4.02. The van der Waals surface area contributed by atoms with Crippen molar-refractivity contribution in [3.8, 4) is 0 Å². The van der Waals surface area contributed by atoms with E-state index in [2.05, 4.69) is 0 Å². The Morgan fingerprint density at radius 1 is 1.29 bits per heavy atom. The zero-order valence-electron chi connectivity index (χ0n) is 12.9. The molecule has 24 heavy (non-hydrogen) atoms. The number of halogens is 2. The monoisotopic (exact) mass is 372 g/mol. The molecule has 2 rings (SSSR count). The molecule has 0 N–H and O–H groups in total. The molecule has 0 bridgehead atoms. The van der Waals surface area contributed by atoms with Crippen molar-refractivity contribution in [1.29, 1.82) is 0 Å². The van der Waals surface area contributed by atoms with E-state index in [4.69, 9.17) is 11.6 Å². The second kappa shape index (κ2) is 6.84. The molecule has 128 valence electrons. The van der Waals surface area contributed by atoms with Crippen molar-refractivity contribution >= 4 is 27.3 Å². The van der Waals surface area contributed by atoms with Crippen molar-refractivity contribution in [1.82, 2.24) is 4.31 Å². The number of rotatable bonds is 5. The van der Waals surface area contributed by atoms with Crippen molar-refractivity contribution in [3.63, 3.8) is 0 Å². The third kappa shape index (κ3) is 3.72. The van der Waals surface area contributed by atoms with Crippen LogP contribution in [0.15, 0.2) is 41.3 Å². The molecular weight excluding hydrogens is 359 g/mol. The summed E-state index contributed by atoms with van der Waals surface area (Å²) in [4.78, 5) is 10.1. The first-order chi connectivity index (χ1) is 11.1. The number of hydrogen-bond donors (Lipinski definition) is 0. The van der Waals surface area contributed by atoms with Gasteiger partial charge in [0.1, 0.15) is 5.82 Å². The standard InChI is InChI=1S/C15H14ClFN2O4S/c1-10-14(16)7-13(8-15(10)19(20)21)24(22,23)18(2)9-11-4-3-5-12(17)6-11/h3-8H,9H2,1-2H3. The summed E-state index contributed by atoms with van der Waals surface area (Å²) in [6.45, 7) is 1.35. The van der Waals surface area contributed by atoms with Crippen molar-refractivity contribution in [2.24, 2.45) is 0 Å². The van der Waals surface area contributed by atoms with Gasteiger partial charge in [-0.3, -0.25) is 10.1 Å². The highest BCUT2D eigenvalue weighted by molar-refractivity contribution is 7.89. The Balaban J connectivity index is 2.41. The number of nitro groups is 1. The highest BCUT2D eigenvalue weighted by Crippen LogP contribution is 2.31. The van der Waals surface area contributed by atoms with Crippen molar-refractivity contribution in [2.45, 2.75) is 18.4 Å². The van der Waals surface area contributed by atoms with E-state index in [0.29, 0.717) is 5.56 Å². The molecule has 0 atom stereocenters. The summed E-state index contributed by atoms with van der Waals surface area (Å²) >= 11 is 5.92. The van der Waals surface area contributed by atoms with Crippen LogP contribution in [0.3, 0.4) is 0 Å². The van der Waals surface area contributed by atoms with Crippen molar-refractivity contribution in [2.75, 3.05) is 7.05 Å². The lowest BCUT2D eigenvalue weighted by atomic mass is 10.2. The van der Waals surface area contributed by atoms with Crippen LogP contribution in [-0.4, -0.2) is 24.7 Å². The average molecular weight is 373 g/mol. The first-order valence-electron chi connectivity index (χ1n) is 6.78. The van der Waals surface area contributed by atoms with Gasteiger partial charge in [0, 0.05) is 25.2 Å². The van der Waals surface area contributed by atoms with E-state index < -0.39 is 20.8 Å². The molecule has 2 aromatic rings. The van der Waals surface area contributed by atoms with Crippen LogP contribution in [0.1, 0.15) is 11.1 Å². The molecule has 6 nitrogen and oxygen atoms in total. The Bertz CT molecular complexity index is 902. The van der Waals surface area contributed by atoms with Gasteiger partial charge in [0.15, 0.2) is 0 Å². The van der Waals surface area contributed by atoms with Crippen LogP contribution in [-0.2, 0) is 16.6 Å². The van der Waals surface area contributed by atoms with Crippen molar-refractivity contribution in [3.05, 3.63) is 68.5 Å². The van der Waals surface area contributed by atoms with E-state index >= 15 is 0 Å². The predicted octanol–water partition coefficient (Wildman–Crippen LogP) is 3.52. The molecule has 0 saturated carbocycles. The zero-order valence-corrected chi connectivity index (χ0v) is 14.4. The zero-order chi connectivity index (χ0) is 18.1. The Labute approximate surface area is 143 Å². The van der Waals surface area contributed by atoms with Crippen molar-refractivity contribution < 1.29 is 17.7 Å². The maximum absolute atomic E-state index is 13.2. The van der Waals surface area contributed by atoms with Gasteiger partial charge in [-0.1, -0.05) is 23.7 Å². The molecule has 0 saturated heterocycles. The molecule has 0 radical (unpaired) electrons. The second-order valence-electron chi connectivity index (χ2n) is 5.20. The Morgan fingerprint density at radius 2 is 1.96 bits per heavy atom. The average Bonchev–Trinajstić information content (AvgIpc) is 2.49. The van der Waals surface area contributed by atoms with E-state index in [1.54, 1.807) is 6.07 Å².